The predicted octanol–water partition coefficient (Wildman–Crippen LogP) is 3.44. The van der Waals surface area contributed by atoms with Crippen molar-refractivity contribution in [2.24, 2.45) is 0 Å². The van der Waals surface area contributed by atoms with Crippen LogP contribution < -0.4 is 4.74 Å². The number of hydrogen-bond acceptors (Lipinski definition) is 5. The number of piperidine rings is 1. The molecule has 0 aromatic heterocycles. The Kier molecular flexibility index (Phi) is 5.01. The van der Waals surface area contributed by atoms with E-state index in [2.05, 4.69) is 27.7 Å². The Morgan fingerprint density at radius 2 is 1.57 bits per heavy atom. The summed E-state index contributed by atoms with van der Waals surface area (Å²) < 4.78 is 10.9. The van der Waals surface area contributed by atoms with E-state index < -0.39 is 0 Å². The first-order chi connectivity index (χ1) is 10.7. The summed E-state index contributed by atoms with van der Waals surface area (Å²) >= 11 is 0. The molecule has 128 valence electrons. The summed E-state index contributed by atoms with van der Waals surface area (Å²) in [6.07, 6.45) is 1.32. The van der Waals surface area contributed by atoms with Crippen LogP contribution in [-0.2, 0) is 9.57 Å². The summed E-state index contributed by atoms with van der Waals surface area (Å²) in [6, 6.07) is 6.97. The maximum atomic E-state index is 12.4. The van der Waals surface area contributed by atoms with Crippen LogP contribution in [0.2, 0.25) is 0 Å². The minimum atomic E-state index is -0.296. The molecule has 23 heavy (non-hydrogen) atoms. The number of ether oxygens (including phenoxy) is 2. The van der Waals surface area contributed by atoms with E-state index in [-0.39, 0.29) is 23.2 Å². The predicted molar refractivity (Wildman–Crippen MR) is 88.4 cm³/mol. The highest BCUT2D eigenvalue weighted by Crippen LogP contribution is 2.39. The Morgan fingerprint density at radius 3 is 2.00 bits per heavy atom. The standard InChI is InChI=1S/C18H27NO4/c1-17(2)11-15(12-18(3,4)19(17)22-6)23-16(20)13-7-9-14(21-5)10-8-13/h7-10,15H,11-12H2,1-6H3. The van der Waals surface area contributed by atoms with Gasteiger partial charge >= 0.3 is 5.97 Å². The summed E-state index contributed by atoms with van der Waals surface area (Å²) in [5, 5.41) is 2.00. The van der Waals surface area contributed by atoms with E-state index in [1.165, 1.54) is 0 Å². The summed E-state index contributed by atoms with van der Waals surface area (Å²) in [6.45, 7) is 8.41. The number of carbonyl (C=O) groups is 1. The van der Waals surface area contributed by atoms with Crippen molar-refractivity contribution in [1.29, 1.82) is 0 Å². The summed E-state index contributed by atoms with van der Waals surface area (Å²) in [5.74, 6) is 0.423. The van der Waals surface area contributed by atoms with E-state index >= 15 is 0 Å². The van der Waals surface area contributed by atoms with Crippen LogP contribution in [0.1, 0.15) is 50.9 Å². The van der Waals surface area contributed by atoms with E-state index in [4.69, 9.17) is 14.3 Å². The van der Waals surface area contributed by atoms with Crippen LogP contribution in [-0.4, -0.2) is 42.4 Å². The molecule has 1 fully saturated rings. The van der Waals surface area contributed by atoms with Crippen molar-refractivity contribution in [3.8, 4) is 5.75 Å². The second-order valence-corrected chi connectivity index (χ2v) is 7.27. The van der Waals surface area contributed by atoms with Crippen molar-refractivity contribution in [2.45, 2.75) is 57.7 Å². The van der Waals surface area contributed by atoms with Gasteiger partial charge in [-0.2, -0.15) is 5.06 Å². The number of rotatable bonds is 4. The van der Waals surface area contributed by atoms with Crippen LogP contribution >= 0.6 is 0 Å². The third-order valence-corrected chi connectivity index (χ3v) is 4.34. The molecule has 0 bridgehead atoms. The van der Waals surface area contributed by atoms with Gasteiger partial charge in [-0.05, 0) is 52.0 Å². The lowest BCUT2D eigenvalue weighted by Crippen LogP contribution is -2.61. The molecule has 1 heterocycles. The van der Waals surface area contributed by atoms with Gasteiger partial charge in [0, 0.05) is 23.9 Å². The van der Waals surface area contributed by atoms with Gasteiger partial charge in [-0.15, -0.1) is 0 Å². The zero-order valence-corrected chi connectivity index (χ0v) is 14.9. The molecule has 2 rings (SSSR count). The summed E-state index contributed by atoms with van der Waals surface area (Å²) in [7, 11) is 3.29. The van der Waals surface area contributed by atoms with E-state index in [1.807, 2.05) is 5.06 Å². The highest BCUT2D eigenvalue weighted by molar-refractivity contribution is 5.89. The quantitative estimate of drug-likeness (QED) is 0.795. The van der Waals surface area contributed by atoms with Gasteiger partial charge in [0.25, 0.3) is 0 Å². The summed E-state index contributed by atoms with van der Waals surface area (Å²) in [4.78, 5) is 17.9. The lowest BCUT2D eigenvalue weighted by Gasteiger charge is -2.52. The van der Waals surface area contributed by atoms with Gasteiger partial charge in [-0.25, -0.2) is 4.79 Å². The van der Waals surface area contributed by atoms with Crippen LogP contribution in [0.5, 0.6) is 5.75 Å². The Labute approximate surface area is 138 Å². The van der Waals surface area contributed by atoms with Gasteiger partial charge < -0.3 is 14.3 Å². The highest BCUT2D eigenvalue weighted by atomic mass is 16.7. The van der Waals surface area contributed by atoms with E-state index in [0.29, 0.717) is 5.56 Å². The smallest absolute Gasteiger partial charge is 0.338 e. The number of benzene rings is 1. The Morgan fingerprint density at radius 1 is 1.04 bits per heavy atom. The molecule has 1 saturated heterocycles. The lowest BCUT2D eigenvalue weighted by atomic mass is 9.80. The van der Waals surface area contributed by atoms with Crippen LogP contribution in [0.15, 0.2) is 24.3 Å². The molecule has 1 aromatic rings. The number of hydrogen-bond donors (Lipinski definition) is 0. The molecular formula is C18H27NO4. The fourth-order valence-corrected chi connectivity index (χ4v) is 3.70. The number of methoxy groups -OCH3 is 1. The van der Waals surface area contributed by atoms with Crippen LogP contribution in [0, 0.1) is 0 Å². The molecule has 0 radical (unpaired) electrons. The maximum Gasteiger partial charge on any atom is 0.338 e. The highest BCUT2D eigenvalue weighted by Gasteiger charge is 2.47. The van der Waals surface area contributed by atoms with Gasteiger partial charge in [-0.3, -0.25) is 0 Å². The average Bonchev–Trinajstić information content (AvgIpc) is 2.45. The largest absolute Gasteiger partial charge is 0.497 e. The zero-order valence-electron chi connectivity index (χ0n) is 14.9. The molecule has 1 aliphatic rings. The van der Waals surface area contributed by atoms with Crippen molar-refractivity contribution in [1.82, 2.24) is 5.06 Å². The Balaban J connectivity index is 2.09. The molecule has 1 aliphatic heterocycles. The number of carbonyl (C=O) groups excluding carboxylic acids is 1. The molecular weight excluding hydrogens is 294 g/mol. The summed E-state index contributed by atoms with van der Waals surface area (Å²) in [5.41, 5.74) is 0.124. The molecule has 1 aromatic carbocycles. The third kappa shape index (κ3) is 3.85. The van der Waals surface area contributed by atoms with Crippen molar-refractivity contribution in [3.63, 3.8) is 0 Å². The van der Waals surface area contributed by atoms with E-state index in [1.54, 1.807) is 38.5 Å². The minimum Gasteiger partial charge on any atom is -0.497 e. The van der Waals surface area contributed by atoms with E-state index in [0.717, 1.165) is 18.6 Å². The average molecular weight is 321 g/mol. The SMILES string of the molecule is COc1ccc(C(=O)OC2CC(C)(C)N(OC)C(C)(C)C2)cc1. The first kappa shape index (κ1) is 17.8. The van der Waals surface area contributed by atoms with Crippen molar-refractivity contribution in [3.05, 3.63) is 29.8 Å². The fraction of sp³-hybridized carbons (Fsp3) is 0.611. The van der Waals surface area contributed by atoms with Crippen molar-refractivity contribution >= 4 is 5.97 Å². The normalized spacial score (nSPS) is 21.0. The molecule has 5 heteroatoms. The molecule has 0 aliphatic carbocycles. The van der Waals surface area contributed by atoms with Crippen molar-refractivity contribution in [2.75, 3.05) is 14.2 Å². The van der Waals surface area contributed by atoms with Crippen LogP contribution in [0.3, 0.4) is 0 Å². The van der Waals surface area contributed by atoms with Gasteiger partial charge in [0.05, 0.1) is 19.8 Å². The third-order valence-electron chi connectivity index (χ3n) is 4.34. The molecule has 0 atom stereocenters. The number of nitrogens with zero attached hydrogens (tertiary/aromatic N) is 1. The maximum absolute atomic E-state index is 12.4. The first-order valence-corrected chi connectivity index (χ1v) is 7.89. The van der Waals surface area contributed by atoms with Gasteiger partial charge in [-0.1, -0.05) is 0 Å². The second-order valence-electron chi connectivity index (χ2n) is 7.27. The van der Waals surface area contributed by atoms with Gasteiger partial charge in [0.1, 0.15) is 11.9 Å². The van der Waals surface area contributed by atoms with Crippen LogP contribution in [0.25, 0.3) is 0 Å². The molecule has 0 unspecified atom stereocenters. The molecule has 0 spiro atoms. The van der Waals surface area contributed by atoms with Gasteiger partial charge in [0.15, 0.2) is 0 Å². The second kappa shape index (κ2) is 6.49. The monoisotopic (exact) mass is 321 g/mol. The number of hydroxylamine groups is 2. The van der Waals surface area contributed by atoms with Crippen LogP contribution in [0.4, 0.5) is 0 Å². The molecule has 0 N–H and O–H groups in total. The first-order valence-electron chi connectivity index (χ1n) is 7.89. The minimum absolute atomic E-state index is 0.138. The number of esters is 1. The Hall–Kier alpha value is -1.59. The molecule has 0 amide bonds. The lowest BCUT2D eigenvalue weighted by molar-refractivity contribution is -0.276. The Bertz CT molecular complexity index is 533. The fourth-order valence-electron chi connectivity index (χ4n) is 3.70. The zero-order chi connectivity index (χ0) is 17.3. The molecule has 0 saturated carbocycles. The van der Waals surface area contributed by atoms with Crippen molar-refractivity contribution < 1.29 is 19.1 Å². The van der Waals surface area contributed by atoms with E-state index in [9.17, 15) is 4.79 Å². The molecule has 5 nitrogen and oxygen atoms in total. The topological polar surface area (TPSA) is 48.0 Å². The van der Waals surface area contributed by atoms with Gasteiger partial charge in [0.2, 0.25) is 0 Å².